The molecule has 6 heteroatoms. The van der Waals surface area contributed by atoms with Crippen LogP contribution in [0.5, 0.6) is 5.75 Å². The number of Topliss-reactive ketones (excluding diaryl/α,β-unsaturated/α-hetero) is 1. The minimum atomic E-state index is -4.74. The summed E-state index contributed by atoms with van der Waals surface area (Å²) in [6.45, 7) is 1.22. The monoisotopic (exact) mass is 321 g/mol. The van der Waals surface area contributed by atoms with Crippen molar-refractivity contribution in [2.24, 2.45) is 0 Å². The molecular formula is C17H14F3NO2. The standard InChI is InChI=1S/C17H14F3NO2/c18-17(19,20)23-14-6-7-15-13(8-14)10-21(11-16(15)22)9-12-4-2-1-3-5-12/h1-8H,9-11H2. The number of hydrogen-bond acceptors (Lipinski definition) is 3. The van der Waals surface area contributed by atoms with Crippen LogP contribution in [0.25, 0.3) is 0 Å². The van der Waals surface area contributed by atoms with Gasteiger partial charge in [0.1, 0.15) is 5.75 Å². The number of halogens is 3. The van der Waals surface area contributed by atoms with Crippen LogP contribution in [0.3, 0.4) is 0 Å². The third kappa shape index (κ3) is 3.90. The maximum atomic E-state index is 12.3. The van der Waals surface area contributed by atoms with Crippen LogP contribution >= 0.6 is 0 Å². The van der Waals surface area contributed by atoms with Crippen molar-refractivity contribution in [3.63, 3.8) is 0 Å². The molecule has 2 aromatic rings. The van der Waals surface area contributed by atoms with Gasteiger partial charge in [0.05, 0.1) is 6.54 Å². The van der Waals surface area contributed by atoms with Crippen molar-refractivity contribution in [3.05, 3.63) is 65.2 Å². The summed E-state index contributed by atoms with van der Waals surface area (Å²) in [4.78, 5) is 14.1. The van der Waals surface area contributed by atoms with Gasteiger partial charge >= 0.3 is 6.36 Å². The minimum absolute atomic E-state index is 0.0965. The first-order valence-electron chi connectivity index (χ1n) is 7.09. The fourth-order valence-electron chi connectivity index (χ4n) is 2.71. The van der Waals surface area contributed by atoms with Gasteiger partial charge in [-0.3, -0.25) is 9.69 Å². The van der Waals surface area contributed by atoms with E-state index in [2.05, 4.69) is 4.74 Å². The van der Waals surface area contributed by atoms with Gasteiger partial charge in [-0.2, -0.15) is 0 Å². The number of fused-ring (bicyclic) bond motifs is 1. The fourth-order valence-corrected chi connectivity index (χ4v) is 2.71. The van der Waals surface area contributed by atoms with Gasteiger partial charge in [-0.15, -0.1) is 13.2 Å². The summed E-state index contributed by atoms with van der Waals surface area (Å²) in [7, 11) is 0. The van der Waals surface area contributed by atoms with Gasteiger partial charge in [-0.25, -0.2) is 0 Å². The molecule has 0 saturated heterocycles. The van der Waals surface area contributed by atoms with Crippen LogP contribution in [0.15, 0.2) is 48.5 Å². The molecular weight excluding hydrogens is 307 g/mol. The first-order valence-corrected chi connectivity index (χ1v) is 7.09. The molecule has 0 aliphatic carbocycles. The number of ether oxygens (including phenoxy) is 1. The molecule has 0 amide bonds. The van der Waals surface area contributed by atoms with Crippen molar-refractivity contribution in [2.45, 2.75) is 19.5 Å². The van der Waals surface area contributed by atoms with E-state index in [0.717, 1.165) is 5.56 Å². The first-order chi connectivity index (χ1) is 10.9. The molecule has 0 aromatic heterocycles. The third-order valence-corrected chi connectivity index (χ3v) is 3.62. The van der Waals surface area contributed by atoms with Crippen LogP contribution in [0, 0.1) is 0 Å². The van der Waals surface area contributed by atoms with Gasteiger partial charge in [-0.1, -0.05) is 30.3 Å². The lowest BCUT2D eigenvalue weighted by molar-refractivity contribution is -0.274. The summed E-state index contributed by atoms with van der Waals surface area (Å²) in [6, 6.07) is 13.5. The highest BCUT2D eigenvalue weighted by Crippen LogP contribution is 2.28. The molecule has 120 valence electrons. The Balaban J connectivity index is 1.80. The predicted octanol–water partition coefficient (Wildman–Crippen LogP) is 3.78. The summed E-state index contributed by atoms with van der Waals surface area (Å²) < 4.78 is 40.9. The van der Waals surface area contributed by atoms with Crippen LogP contribution in [-0.4, -0.2) is 23.6 Å². The lowest BCUT2D eigenvalue weighted by Gasteiger charge is -2.28. The Morgan fingerprint density at radius 2 is 1.78 bits per heavy atom. The Morgan fingerprint density at radius 3 is 2.48 bits per heavy atom. The molecule has 0 spiro atoms. The van der Waals surface area contributed by atoms with Crippen LogP contribution in [0.1, 0.15) is 21.5 Å². The number of rotatable bonds is 3. The Kier molecular flexibility index (Phi) is 4.09. The third-order valence-electron chi connectivity index (χ3n) is 3.62. The summed E-state index contributed by atoms with van der Waals surface area (Å²) in [5, 5.41) is 0. The smallest absolute Gasteiger partial charge is 0.406 e. The minimum Gasteiger partial charge on any atom is -0.406 e. The lowest BCUT2D eigenvalue weighted by Crippen LogP contribution is -2.34. The molecule has 1 aliphatic heterocycles. The lowest BCUT2D eigenvalue weighted by atomic mass is 9.98. The molecule has 0 unspecified atom stereocenters. The normalized spacial score (nSPS) is 15.3. The van der Waals surface area contributed by atoms with Crippen LogP contribution in [0.4, 0.5) is 13.2 Å². The molecule has 2 aromatic carbocycles. The van der Waals surface area contributed by atoms with E-state index < -0.39 is 6.36 Å². The quantitative estimate of drug-likeness (QED) is 0.861. The summed E-state index contributed by atoms with van der Waals surface area (Å²) in [6.07, 6.45) is -4.74. The highest BCUT2D eigenvalue weighted by atomic mass is 19.4. The van der Waals surface area contributed by atoms with E-state index in [-0.39, 0.29) is 18.1 Å². The number of benzene rings is 2. The van der Waals surface area contributed by atoms with Crippen molar-refractivity contribution in [1.29, 1.82) is 0 Å². The van der Waals surface area contributed by atoms with Crippen LogP contribution < -0.4 is 4.74 Å². The van der Waals surface area contributed by atoms with Gasteiger partial charge < -0.3 is 4.74 Å². The maximum absolute atomic E-state index is 12.3. The predicted molar refractivity (Wildman–Crippen MR) is 78.0 cm³/mol. The van der Waals surface area contributed by atoms with E-state index in [1.54, 1.807) is 0 Å². The van der Waals surface area contributed by atoms with Crippen LogP contribution in [0.2, 0.25) is 0 Å². The second kappa shape index (κ2) is 6.04. The second-order valence-electron chi connectivity index (χ2n) is 5.42. The van der Waals surface area contributed by atoms with E-state index in [1.165, 1.54) is 18.2 Å². The van der Waals surface area contributed by atoms with Crippen molar-refractivity contribution in [2.75, 3.05) is 6.54 Å². The molecule has 1 aliphatic rings. The van der Waals surface area contributed by atoms with Crippen molar-refractivity contribution >= 4 is 5.78 Å². The number of hydrogen-bond donors (Lipinski definition) is 0. The molecule has 0 N–H and O–H groups in total. The van der Waals surface area contributed by atoms with Crippen molar-refractivity contribution < 1.29 is 22.7 Å². The molecule has 0 atom stereocenters. The Morgan fingerprint density at radius 1 is 1.04 bits per heavy atom. The van der Waals surface area contributed by atoms with E-state index in [1.807, 2.05) is 35.2 Å². The number of alkyl halides is 3. The molecule has 0 saturated carbocycles. The van der Waals surface area contributed by atoms with Gasteiger partial charge in [0, 0.05) is 18.7 Å². The molecule has 0 fully saturated rings. The molecule has 23 heavy (non-hydrogen) atoms. The van der Waals surface area contributed by atoms with E-state index in [4.69, 9.17) is 0 Å². The highest BCUT2D eigenvalue weighted by Gasteiger charge is 2.32. The first kappa shape index (κ1) is 15.6. The fraction of sp³-hybridized carbons (Fsp3) is 0.235. The van der Waals surface area contributed by atoms with Gasteiger partial charge in [0.15, 0.2) is 5.78 Å². The number of carbonyl (C=O) groups excluding carboxylic acids is 1. The maximum Gasteiger partial charge on any atom is 0.573 e. The topological polar surface area (TPSA) is 29.5 Å². The Labute approximate surface area is 131 Å². The molecule has 1 heterocycles. The zero-order valence-electron chi connectivity index (χ0n) is 12.1. The van der Waals surface area contributed by atoms with Crippen molar-refractivity contribution in [3.8, 4) is 5.75 Å². The van der Waals surface area contributed by atoms with Gasteiger partial charge in [0.2, 0.25) is 0 Å². The molecule has 3 nitrogen and oxygen atoms in total. The Hall–Kier alpha value is -2.34. The number of carbonyl (C=O) groups is 1. The van der Waals surface area contributed by atoms with Crippen molar-refractivity contribution in [1.82, 2.24) is 4.90 Å². The van der Waals surface area contributed by atoms with Crippen LogP contribution in [-0.2, 0) is 13.1 Å². The van der Waals surface area contributed by atoms with E-state index in [0.29, 0.717) is 24.2 Å². The van der Waals surface area contributed by atoms with Gasteiger partial charge in [0.25, 0.3) is 0 Å². The van der Waals surface area contributed by atoms with E-state index in [9.17, 15) is 18.0 Å². The molecule has 0 radical (unpaired) electrons. The summed E-state index contributed by atoms with van der Waals surface area (Å²) >= 11 is 0. The zero-order chi connectivity index (χ0) is 16.4. The Bertz CT molecular complexity index is 714. The largest absolute Gasteiger partial charge is 0.573 e. The zero-order valence-corrected chi connectivity index (χ0v) is 12.1. The SMILES string of the molecule is O=C1CN(Cc2ccccc2)Cc2cc(OC(F)(F)F)ccc21. The van der Waals surface area contributed by atoms with Gasteiger partial charge in [-0.05, 0) is 29.3 Å². The second-order valence-corrected chi connectivity index (χ2v) is 5.42. The average Bonchev–Trinajstić information content (AvgIpc) is 2.46. The highest BCUT2D eigenvalue weighted by molar-refractivity contribution is 6.00. The average molecular weight is 321 g/mol. The number of nitrogens with zero attached hydrogens (tertiary/aromatic N) is 1. The van der Waals surface area contributed by atoms with E-state index >= 15 is 0 Å². The molecule has 0 bridgehead atoms. The summed E-state index contributed by atoms with van der Waals surface area (Å²) in [5.74, 6) is -0.397. The number of ketones is 1. The summed E-state index contributed by atoms with van der Waals surface area (Å²) in [5.41, 5.74) is 2.06. The molecule has 3 rings (SSSR count).